The summed E-state index contributed by atoms with van der Waals surface area (Å²) in [6, 6.07) is 10.9. The summed E-state index contributed by atoms with van der Waals surface area (Å²) >= 11 is 12.1. The number of hydrogen-bond acceptors (Lipinski definition) is 5. The van der Waals surface area contributed by atoms with Crippen molar-refractivity contribution in [3.63, 3.8) is 0 Å². The van der Waals surface area contributed by atoms with Gasteiger partial charge in [-0.2, -0.15) is 0 Å². The van der Waals surface area contributed by atoms with Gasteiger partial charge in [0.25, 0.3) is 11.8 Å². The van der Waals surface area contributed by atoms with Crippen LogP contribution in [0.4, 0.5) is 10.5 Å². The second-order valence-corrected chi connectivity index (χ2v) is 9.70. The van der Waals surface area contributed by atoms with Gasteiger partial charge in [0.2, 0.25) is 5.54 Å². The van der Waals surface area contributed by atoms with Crippen molar-refractivity contribution < 1.29 is 23.9 Å². The van der Waals surface area contributed by atoms with Crippen LogP contribution in [0.1, 0.15) is 31.9 Å². The maximum atomic E-state index is 13.6. The highest BCUT2D eigenvalue weighted by Crippen LogP contribution is 2.44. The highest BCUT2D eigenvalue weighted by Gasteiger charge is 2.64. The number of esters is 1. The number of carbonyl (C=O) groups excluding carboxylic acids is 4. The number of amides is 4. The van der Waals surface area contributed by atoms with E-state index in [1.807, 2.05) is 0 Å². The Balaban J connectivity index is 1.67. The van der Waals surface area contributed by atoms with Crippen LogP contribution in [0, 0.1) is 5.41 Å². The Morgan fingerprint density at radius 1 is 1.00 bits per heavy atom. The van der Waals surface area contributed by atoms with Crippen LogP contribution in [0.3, 0.4) is 0 Å². The van der Waals surface area contributed by atoms with Gasteiger partial charge in [-0.1, -0.05) is 47.5 Å². The average molecular weight is 490 g/mol. The quantitative estimate of drug-likeness (QED) is 0.399. The lowest BCUT2D eigenvalue weighted by Gasteiger charge is -2.23. The fraction of sp³-hybridized carbons (Fsp3) is 0.304. The van der Waals surface area contributed by atoms with Crippen LogP contribution in [-0.4, -0.2) is 35.4 Å². The average Bonchev–Trinajstić information content (AvgIpc) is 3.14. The molecule has 0 aromatic heterocycles. The molecule has 1 atom stereocenters. The van der Waals surface area contributed by atoms with Gasteiger partial charge in [0.15, 0.2) is 6.73 Å². The molecule has 2 aromatic carbocycles. The molecule has 2 heterocycles. The van der Waals surface area contributed by atoms with Crippen LogP contribution >= 0.6 is 23.2 Å². The van der Waals surface area contributed by atoms with Gasteiger partial charge in [-0.25, -0.2) is 9.69 Å². The first kappa shape index (κ1) is 23.1. The summed E-state index contributed by atoms with van der Waals surface area (Å²) in [5.41, 5.74) is -1.23. The van der Waals surface area contributed by atoms with Crippen LogP contribution in [0.5, 0.6) is 0 Å². The highest BCUT2D eigenvalue weighted by molar-refractivity contribution is 6.42. The van der Waals surface area contributed by atoms with E-state index < -0.39 is 41.5 Å². The van der Waals surface area contributed by atoms with Crippen molar-refractivity contribution in [1.82, 2.24) is 10.2 Å². The molecule has 2 aromatic rings. The number of carbonyl (C=O) groups is 4. The molecule has 172 valence electrons. The summed E-state index contributed by atoms with van der Waals surface area (Å²) in [7, 11) is 0. The molecule has 4 rings (SSSR count). The summed E-state index contributed by atoms with van der Waals surface area (Å²) < 4.78 is 5.16. The van der Waals surface area contributed by atoms with E-state index in [-0.39, 0.29) is 6.54 Å². The zero-order valence-corrected chi connectivity index (χ0v) is 19.7. The Morgan fingerprint density at radius 2 is 1.67 bits per heavy atom. The molecule has 0 saturated carbocycles. The third-order valence-corrected chi connectivity index (χ3v) is 6.27. The van der Waals surface area contributed by atoms with Crippen molar-refractivity contribution in [2.75, 3.05) is 11.6 Å². The molecule has 2 aliphatic heterocycles. The van der Waals surface area contributed by atoms with Gasteiger partial charge in [0.05, 0.1) is 27.7 Å². The van der Waals surface area contributed by atoms with Crippen LogP contribution in [-0.2, 0) is 31.2 Å². The molecule has 1 spiro atoms. The second kappa shape index (κ2) is 8.04. The third-order valence-electron chi connectivity index (χ3n) is 5.53. The van der Waals surface area contributed by atoms with Gasteiger partial charge in [-0.3, -0.25) is 14.4 Å². The van der Waals surface area contributed by atoms with E-state index in [0.717, 1.165) is 4.90 Å². The van der Waals surface area contributed by atoms with Gasteiger partial charge < -0.3 is 15.0 Å². The van der Waals surface area contributed by atoms with Crippen molar-refractivity contribution in [3.8, 4) is 0 Å². The van der Waals surface area contributed by atoms with Crippen LogP contribution < -0.4 is 10.2 Å². The van der Waals surface area contributed by atoms with Crippen LogP contribution in [0.25, 0.3) is 0 Å². The molecule has 4 amide bonds. The molecule has 0 aliphatic carbocycles. The smallest absolute Gasteiger partial charge is 0.328 e. The maximum Gasteiger partial charge on any atom is 0.328 e. The number of nitrogens with zero attached hydrogens (tertiary/aromatic N) is 2. The number of benzene rings is 2. The second-order valence-electron chi connectivity index (χ2n) is 8.88. The molecular weight excluding hydrogens is 469 g/mol. The number of nitrogens with one attached hydrogen (secondary N) is 1. The molecule has 1 saturated heterocycles. The lowest BCUT2D eigenvalue weighted by molar-refractivity contribution is -0.158. The first-order valence-electron chi connectivity index (χ1n) is 10.1. The zero-order chi connectivity index (χ0) is 24.1. The van der Waals surface area contributed by atoms with Gasteiger partial charge in [-0.15, -0.1) is 0 Å². The number of halogens is 2. The van der Waals surface area contributed by atoms with Gasteiger partial charge >= 0.3 is 12.0 Å². The highest BCUT2D eigenvalue weighted by atomic mass is 35.5. The molecule has 8 nitrogen and oxygen atoms in total. The first-order chi connectivity index (χ1) is 15.5. The number of imide groups is 1. The normalized spacial score (nSPS) is 19.8. The molecule has 10 heteroatoms. The molecule has 33 heavy (non-hydrogen) atoms. The monoisotopic (exact) mass is 489 g/mol. The molecule has 0 radical (unpaired) electrons. The Hall–Kier alpha value is -3.10. The number of hydrogen-bond donors (Lipinski definition) is 1. The number of para-hydroxylation sites is 1. The van der Waals surface area contributed by atoms with Crippen molar-refractivity contribution in [1.29, 1.82) is 0 Å². The fourth-order valence-corrected chi connectivity index (χ4v) is 4.11. The molecular formula is C23H21Cl2N3O5. The van der Waals surface area contributed by atoms with Crippen molar-refractivity contribution >= 4 is 52.7 Å². The summed E-state index contributed by atoms with van der Waals surface area (Å²) in [5.74, 6) is -2.00. The summed E-state index contributed by atoms with van der Waals surface area (Å²) in [6.07, 6.45) is 0. The molecule has 1 fully saturated rings. The van der Waals surface area contributed by atoms with Crippen molar-refractivity contribution in [2.45, 2.75) is 32.9 Å². The Morgan fingerprint density at radius 3 is 2.33 bits per heavy atom. The third kappa shape index (κ3) is 3.73. The number of ether oxygens (including phenoxy) is 1. The Labute approximate surface area is 200 Å². The van der Waals surface area contributed by atoms with E-state index in [1.165, 1.54) is 4.90 Å². The number of fused-ring (bicyclic) bond motifs is 2. The molecule has 1 N–H and O–H groups in total. The van der Waals surface area contributed by atoms with E-state index in [4.69, 9.17) is 27.9 Å². The topological polar surface area (TPSA) is 96.0 Å². The number of rotatable bonds is 4. The van der Waals surface area contributed by atoms with E-state index in [0.29, 0.717) is 26.9 Å². The largest absolute Gasteiger partial charge is 0.443 e. The Kier molecular flexibility index (Phi) is 5.62. The standard InChI is InChI=1S/C23H21Cl2N3O5/c1-22(2,3)20(31)33-12-28-19(30)23(26-21(28)32)14-6-4-5-7-17(14)27(18(23)29)11-13-8-9-15(24)16(25)10-13/h4-10H,11-12H2,1-3H3,(H,26,32). The Bertz CT molecular complexity index is 1190. The summed E-state index contributed by atoms with van der Waals surface area (Å²) in [5, 5.41) is 3.25. The van der Waals surface area contributed by atoms with Gasteiger partial charge in [-0.05, 0) is 44.5 Å². The minimum Gasteiger partial charge on any atom is -0.443 e. The van der Waals surface area contributed by atoms with Gasteiger partial charge in [0.1, 0.15) is 0 Å². The predicted molar refractivity (Wildman–Crippen MR) is 122 cm³/mol. The zero-order valence-electron chi connectivity index (χ0n) is 18.1. The minimum atomic E-state index is -1.93. The van der Waals surface area contributed by atoms with E-state index in [1.54, 1.807) is 63.2 Å². The maximum absolute atomic E-state index is 13.6. The molecule has 2 aliphatic rings. The molecule has 1 unspecified atom stereocenters. The van der Waals surface area contributed by atoms with Crippen LogP contribution in [0.2, 0.25) is 10.0 Å². The van der Waals surface area contributed by atoms with Crippen LogP contribution in [0.15, 0.2) is 42.5 Å². The summed E-state index contributed by atoms with van der Waals surface area (Å²) in [6.45, 7) is 4.47. The van der Waals surface area contributed by atoms with E-state index >= 15 is 0 Å². The van der Waals surface area contributed by atoms with Crippen molar-refractivity contribution in [2.24, 2.45) is 5.41 Å². The first-order valence-corrected chi connectivity index (χ1v) is 10.9. The van der Waals surface area contributed by atoms with Crippen molar-refractivity contribution in [3.05, 3.63) is 63.6 Å². The molecule has 0 bridgehead atoms. The lowest BCUT2D eigenvalue weighted by Crippen LogP contribution is -2.52. The van der Waals surface area contributed by atoms with E-state index in [2.05, 4.69) is 5.32 Å². The predicted octanol–water partition coefficient (Wildman–Crippen LogP) is 3.83. The van der Waals surface area contributed by atoms with Gasteiger partial charge in [0, 0.05) is 5.56 Å². The van der Waals surface area contributed by atoms with E-state index in [9.17, 15) is 19.2 Å². The SMILES string of the molecule is CC(C)(C)C(=O)OCN1C(=O)NC2(C1=O)C(=O)N(Cc1ccc(Cl)c(Cl)c1)c1ccccc12. The minimum absolute atomic E-state index is 0.108. The summed E-state index contributed by atoms with van der Waals surface area (Å²) in [4.78, 5) is 54.1. The lowest BCUT2D eigenvalue weighted by atomic mass is 9.91. The number of urea groups is 1. The fourth-order valence-electron chi connectivity index (χ4n) is 3.79. The number of anilines is 1.